The largest absolute Gasteiger partial charge is 0.279 e. The van der Waals surface area contributed by atoms with Crippen molar-refractivity contribution in [2.75, 3.05) is 4.72 Å². The van der Waals surface area contributed by atoms with Gasteiger partial charge in [0.05, 0.1) is 10.6 Å². The minimum atomic E-state index is -3.81. The van der Waals surface area contributed by atoms with Gasteiger partial charge in [-0.05, 0) is 63.4 Å². The van der Waals surface area contributed by atoms with Gasteiger partial charge in [-0.15, -0.1) is 0 Å². The molecule has 0 spiro atoms. The lowest BCUT2D eigenvalue weighted by molar-refractivity contribution is 0.0954. The first-order valence-corrected chi connectivity index (χ1v) is 10.7. The first-order valence-electron chi connectivity index (χ1n) is 9.26. The van der Waals surface area contributed by atoms with Crippen molar-refractivity contribution in [3.8, 4) is 0 Å². The van der Waals surface area contributed by atoms with Gasteiger partial charge in [0.1, 0.15) is 0 Å². The van der Waals surface area contributed by atoms with Gasteiger partial charge < -0.3 is 0 Å². The summed E-state index contributed by atoms with van der Waals surface area (Å²) in [6.45, 7) is 7.72. The van der Waals surface area contributed by atoms with Gasteiger partial charge in [-0.2, -0.15) is 5.10 Å². The van der Waals surface area contributed by atoms with E-state index in [1.165, 1.54) is 12.1 Å². The molecule has 2 aromatic rings. The monoisotopic (exact) mass is 401 g/mol. The molecular weight excluding hydrogens is 374 g/mol. The summed E-state index contributed by atoms with van der Waals surface area (Å²) < 4.78 is 28.0. The minimum absolute atomic E-state index is 0.0202. The minimum Gasteiger partial charge on any atom is -0.279 e. The first-order chi connectivity index (χ1) is 13.2. The Balaban J connectivity index is 2.18. The lowest BCUT2D eigenvalue weighted by Gasteiger charge is -2.12. The maximum atomic E-state index is 12.7. The van der Waals surface area contributed by atoms with Crippen LogP contribution in [0.1, 0.15) is 54.6 Å². The van der Waals surface area contributed by atoms with Gasteiger partial charge in [0.25, 0.3) is 15.9 Å². The standard InChI is InChI=1S/C21H27N3O3S/c1-5-6-8-17(4)22-23-21(25)18-9-7-10-19(14-18)28(26,27)24-20-12-11-15(2)13-16(20)3/h7,9-14,24H,5-6,8H2,1-4H3,(H,23,25)/b22-17-. The highest BCUT2D eigenvalue weighted by Crippen LogP contribution is 2.21. The zero-order valence-electron chi connectivity index (χ0n) is 16.7. The van der Waals surface area contributed by atoms with Crippen molar-refractivity contribution in [2.45, 2.75) is 51.9 Å². The number of hydrazone groups is 1. The van der Waals surface area contributed by atoms with Gasteiger partial charge in [-0.3, -0.25) is 9.52 Å². The highest BCUT2D eigenvalue weighted by atomic mass is 32.2. The summed E-state index contributed by atoms with van der Waals surface area (Å²) >= 11 is 0. The molecule has 2 N–H and O–H groups in total. The smallest absolute Gasteiger partial charge is 0.271 e. The van der Waals surface area contributed by atoms with Crippen molar-refractivity contribution in [3.05, 3.63) is 59.2 Å². The predicted octanol–water partition coefficient (Wildman–Crippen LogP) is 4.40. The molecule has 0 aliphatic rings. The van der Waals surface area contributed by atoms with Gasteiger partial charge >= 0.3 is 0 Å². The fourth-order valence-corrected chi connectivity index (χ4v) is 3.81. The molecule has 2 aromatic carbocycles. The Kier molecular flexibility index (Phi) is 7.34. The molecule has 0 aromatic heterocycles. The lowest BCUT2D eigenvalue weighted by Crippen LogP contribution is -2.20. The van der Waals surface area contributed by atoms with Crippen molar-refractivity contribution >= 4 is 27.3 Å². The van der Waals surface area contributed by atoms with Crippen molar-refractivity contribution < 1.29 is 13.2 Å². The number of anilines is 1. The average Bonchev–Trinajstić information content (AvgIpc) is 2.66. The fraction of sp³-hybridized carbons (Fsp3) is 0.333. The third-order valence-corrected chi connectivity index (χ3v) is 5.64. The van der Waals surface area contributed by atoms with Crippen LogP contribution in [0.3, 0.4) is 0 Å². The number of nitrogens with zero attached hydrogens (tertiary/aromatic N) is 1. The van der Waals surface area contributed by atoms with Crippen molar-refractivity contribution in [3.63, 3.8) is 0 Å². The molecule has 2 rings (SSSR count). The molecule has 28 heavy (non-hydrogen) atoms. The number of unbranched alkanes of at least 4 members (excludes halogenated alkanes) is 1. The van der Waals surface area contributed by atoms with Crippen LogP contribution in [0, 0.1) is 13.8 Å². The second-order valence-corrected chi connectivity index (χ2v) is 8.53. The molecule has 0 radical (unpaired) electrons. The van der Waals surface area contributed by atoms with Crippen LogP contribution >= 0.6 is 0 Å². The van der Waals surface area contributed by atoms with Gasteiger partial charge in [0.15, 0.2) is 0 Å². The molecule has 0 aliphatic heterocycles. The Hall–Kier alpha value is -2.67. The van der Waals surface area contributed by atoms with Gasteiger partial charge in [-0.25, -0.2) is 13.8 Å². The summed E-state index contributed by atoms with van der Waals surface area (Å²) in [4.78, 5) is 12.3. The van der Waals surface area contributed by atoms with Gasteiger partial charge in [0.2, 0.25) is 0 Å². The van der Waals surface area contributed by atoms with Crippen LogP contribution in [0.25, 0.3) is 0 Å². The van der Waals surface area contributed by atoms with Crippen LogP contribution in [0.4, 0.5) is 5.69 Å². The van der Waals surface area contributed by atoms with Crippen LogP contribution in [0.15, 0.2) is 52.5 Å². The Morgan fingerprint density at radius 3 is 2.54 bits per heavy atom. The number of nitrogens with one attached hydrogen (secondary N) is 2. The highest BCUT2D eigenvalue weighted by Gasteiger charge is 2.17. The van der Waals surface area contributed by atoms with E-state index >= 15 is 0 Å². The number of sulfonamides is 1. The zero-order valence-corrected chi connectivity index (χ0v) is 17.6. The van der Waals surface area contributed by atoms with Crippen LogP contribution < -0.4 is 10.1 Å². The second kappa shape index (κ2) is 9.50. The van der Waals surface area contributed by atoms with Crippen LogP contribution in [-0.2, 0) is 10.0 Å². The van der Waals surface area contributed by atoms with E-state index in [9.17, 15) is 13.2 Å². The Morgan fingerprint density at radius 1 is 1.11 bits per heavy atom. The van der Waals surface area contributed by atoms with Crippen molar-refractivity contribution in [2.24, 2.45) is 5.10 Å². The summed E-state index contributed by atoms with van der Waals surface area (Å²) in [5.41, 5.74) is 5.94. The predicted molar refractivity (Wildman–Crippen MR) is 113 cm³/mol. The summed E-state index contributed by atoms with van der Waals surface area (Å²) in [6.07, 6.45) is 2.86. The molecule has 0 aliphatic carbocycles. The van der Waals surface area contributed by atoms with Gasteiger partial charge in [-0.1, -0.05) is 37.1 Å². The SMILES string of the molecule is CCCC/C(C)=N\NC(=O)c1cccc(S(=O)(=O)Nc2ccc(C)cc2C)c1. The Labute approximate surface area is 167 Å². The third kappa shape index (κ3) is 5.92. The average molecular weight is 402 g/mol. The molecule has 150 valence electrons. The summed E-state index contributed by atoms with van der Waals surface area (Å²) in [6, 6.07) is 11.4. The number of carbonyl (C=O) groups is 1. The van der Waals surface area contributed by atoms with E-state index in [1.807, 2.05) is 32.9 Å². The van der Waals surface area contributed by atoms with E-state index in [4.69, 9.17) is 0 Å². The summed E-state index contributed by atoms with van der Waals surface area (Å²) in [5.74, 6) is -0.445. The van der Waals surface area contributed by atoms with Crippen LogP contribution in [-0.4, -0.2) is 20.0 Å². The molecule has 0 atom stereocenters. The van der Waals surface area contributed by atoms with E-state index in [1.54, 1.807) is 18.2 Å². The van der Waals surface area contributed by atoms with Crippen LogP contribution in [0.2, 0.25) is 0 Å². The number of rotatable bonds is 8. The van der Waals surface area contributed by atoms with E-state index in [-0.39, 0.29) is 10.5 Å². The lowest BCUT2D eigenvalue weighted by atomic mass is 10.1. The number of aryl methyl sites for hydroxylation is 2. The topological polar surface area (TPSA) is 87.6 Å². The molecule has 0 saturated carbocycles. The van der Waals surface area contributed by atoms with E-state index < -0.39 is 15.9 Å². The quantitative estimate of drug-likeness (QED) is 0.508. The highest BCUT2D eigenvalue weighted by molar-refractivity contribution is 7.92. The number of carbonyl (C=O) groups excluding carboxylic acids is 1. The van der Waals surface area contributed by atoms with Crippen LogP contribution in [0.5, 0.6) is 0 Å². The number of benzene rings is 2. The Morgan fingerprint density at radius 2 is 1.86 bits per heavy atom. The molecule has 7 heteroatoms. The number of amides is 1. The second-order valence-electron chi connectivity index (χ2n) is 6.84. The first kappa shape index (κ1) is 21.6. The van der Waals surface area contributed by atoms with E-state index in [0.29, 0.717) is 5.69 Å². The molecule has 0 heterocycles. The fourth-order valence-electron chi connectivity index (χ4n) is 2.64. The zero-order chi connectivity index (χ0) is 20.7. The summed E-state index contributed by atoms with van der Waals surface area (Å²) in [7, 11) is -3.81. The molecule has 0 unspecified atom stereocenters. The van der Waals surface area contributed by atoms with E-state index in [2.05, 4.69) is 22.2 Å². The van der Waals surface area contributed by atoms with E-state index in [0.717, 1.165) is 36.1 Å². The maximum absolute atomic E-state index is 12.7. The normalized spacial score (nSPS) is 11.9. The third-order valence-electron chi connectivity index (χ3n) is 4.27. The molecule has 6 nitrogen and oxygen atoms in total. The summed E-state index contributed by atoms with van der Waals surface area (Å²) in [5, 5.41) is 4.07. The molecule has 0 bridgehead atoms. The van der Waals surface area contributed by atoms with Crippen molar-refractivity contribution in [1.82, 2.24) is 5.43 Å². The maximum Gasteiger partial charge on any atom is 0.271 e. The number of hydrogen-bond donors (Lipinski definition) is 2. The molecule has 0 fully saturated rings. The van der Waals surface area contributed by atoms with Crippen molar-refractivity contribution in [1.29, 1.82) is 0 Å². The van der Waals surface area contributed by atoms with Gasteiger partial charge in [0, 0.05) is 11.3 Å². The molecule has 0 saturated heterocycles. The molecule has 1 amide bonds. The Bertz CT molecular complexity index is 982. The molecular formula is C21H27N3O3S. The number of hydrogen-bond acceptors (Lipinski definition) is 4.